The lowest BCUT2D eigenvalue weighted by molar-refractivity contribution is 0.0925. The number of hydrogen-bond donors (Lipinski definition) is 0. The van der Waals surface area contributed by atoms with Crippen molar-refractivity contribution in [2.24, 2.45) is 0 Å². The van der Waals surface area contributed by atoms with Gasteiger partial charge in [0.05, 0.1) is 11.1 Å². The molecule has 1 aromatic heterocycles. The van der Waals surface area contributed by atoms with Gasteiger partial charge in [-0.15, -0.1) is 0 Å². The molecular weight excluding hydrogens is 264 g/mol. The number of hydrogen-bond acceptors (Lipinski definition) is 3. The molecule has 4 rings (SSSR count). The first-order valence-electron chi connectivity index (χ1n) is 6.59. The topological polar surface area (TPSA) is 50.3 Å². The molecule has 1 aliphatic rings. The molecular formula is C17H10N2O2. The van der Waals surface area contributed by atoms with Gasteiger partial charge in [-0.2, -0.15) is 0 Å². The fraction of sp³-hybridized carbons (Fsp3) is 0. The van der Waals surface area contributed by atoms with Crippen LogP contribution in [0.4, 0.5) is 5.82 Å². The van der Waals surface area contributed by atoms with Gasteiger partial charge in [-0.3, -0.25) is 9.59 Å². The minimum Gasteiger partial charge on any atom is -0.268 e. The van der Waals surface area contributed by atoms with Crippen LogP contribution in [0.1, 0.15) is 20.7 Å². The highest BCUT2D eigenvalue weighted by molar-refractivity contribution is 6.35. The molecule has 0 aliphatic carbocycles. The van der Waals surface area contributed by atoms with Crippen molar-refractivity contribution < 1.29 is 9.59 Å². The molecule has 100 valence electrons. The average molecular weight is 274 g/mol. The summed E-state index contributed by atoms with van der Waals surface area (Å²) in [5.41, 5.74) is 0.856. The van der Waals surface area contributed by atoms with E-state index in [0.29, 0.717) is 16.9 Å². The zero-order chi connectivity index (χ0) is 14.4. The maximum absolute atomic E-state index is 12.5. The molecule has 3 aromatic rings. The van der Waals surface area contributed by atoms with E-state index in [-0.39, 0.29) is 11.8 Å². The van der Waals surface area contributed by atoms with Crippen molar-refractivity contribution >= 4 is 28.4 Å². The third-order valence-corrected chi connectivity index (χ3v) is 3.66. The van der Waals surface area contributed by atoms with Gasteiger partial charge in [0, 0.05) is 11.6 Å². The van der Waals surface area contributed by atoms with Crippen molar-refractivity contribution in [3.8, 4) is 0 Å². The summed E-state index contributed by atoms with van der Waals surface area (Å²) >= 11 is 0. The molecule has 4 nitrogen and oxygen atoms in total. The van der Waals surface area contributed by atoms with Crippen LogP contribution in [-0.2, 0) is 0 Å². The van der Waals surface area contributed by atoms with Gasteiger partial charge in [0.2, 0.25) is 0 Å². The zero-order valence-electron chi connectivity index (χ0n) is 11.0. The molecule has 0 fully saturated rings. The predicted molar refractivity (Wildman–Crippen MR) is 79.3 cm³/mol. The Labute approximate surface area is 120 Å². The monoisotopic (exact) mass is 274 g/mol. The second-order valence-electron chi connectivity index (χ2n) is 4.85. The van der Waals surface area contributed by atoms with E-state index in [1.54, 1.807) is 30.5 Å². The van der Waals surface area contributed by atoms with Crippen LogP contribution in [0.3, 0.4) is 0 Å². The van der Waals surface area contributed by atoms with Gasteiger partial charge in [-0.1, -0.05) is 36.4 Å². The summed E-state index contributed by atoms with van der Waals surface area (Å²) in [7, 11) is 0. The van der Waals surface area contributed by atoms with Crippen molar-refractivity contribution in [3.63, 3.8) is 0 Å². The summed E-state index contributed by atoms with van der Waals surface area (Å²) in [6.45, 7) is 0. The van der Waals surface area contributed by atoms with E-state index in [4.69, 9.17) is 0 Å². The van der Waals surface area contributed by atoms with E-state index >= 15 is 0 Å². The highest BCUT2D eigenvalue weighted by atomic mass is 16.2. The van der Waals surface area contributed by atoms with E-state index in [1.165, 1.54) is 0 Å². The lowest BCUT2D eigenvalue weighted by atomic mass is 10.1. The molecule has 0 unspecified atom stereocenters. The Hall–Kier alpha value is -3.01. The van der Waals surface area contributed by atoms with Crippen LogP contribution in [0, 0.1) is 0 Å². The molecule has 1 aliphatic heterocycles. The summed E-state index contributed by atoms with van der Waals surface area (Å²) in [6, 6.07) is 16.3. The molecule has 0 spiro atoms. The van der Waals surface area contributed by atoms with Gasteiger partial charge >= 0.3 is 0 Å². The van der Waals surface area contributed by atoms with Crippen molar-refractivity contribution in [2.75, 3.05) is 4.90 Å². The molecule has 0 saturated heterocycles. The molecule has 0 radical (unpaired) electrons. The lowest BCUT2D eigenvalue weighted by Crippen LogP contribution is -2.30. The molecule has 2 aromatic carbocycles. The number of imide groups is 1. The average Bonchev–Trinajstić information content (AvgIpc) is 2.79. The highest BCUT2D eigenvalue weighted by Gasteiger charge is 2.37. The van der Waals surface area contributed by atoms with Gasteiger partial charge in [0.15, 0.2) is 5.82 Å². The number of nitrogens with zero attached hydrogens (tertiary/aromatic N) is 2. The first kappa shape index (κ1) is 11.8. The summed E-state index contributed by atoms with van der Waals surface area (Å²) in [5.74, 6) is -0.252. The molecule has 0 saturated carbocycles. The number of amides is 2. The molecule has 0 atom stereocenters. The van der Waals surface area contributed by atoms with E-state index in [2.05, 4.69) is 4.98 Å². The van der Waals surface area contributed by atoms with Gasteiger partial charge in [-0.25, -0.2) is 9.88 Å². The zero-order valence-corrected chi connectivity index (χ0v) is 11.0. The Bertz CT molecular complexity index is 862. The van der Waals surface area contributed by atoms with Crippen LogP contribution in [0.15, 0.2) is 60.8 Å². The fourth-order valence-corrected chi connectivity index (χ4v) is 2.66. The molecule has 0 bridgehead atoms. The SMILES string of the molecule is O=C1c2ccccc2C(=O)N1c1nccc2ccccc12. The van der Waals surface area contributed by atoms with Crippen LogP contribution in [0.5, 0.6) is 0 Å². The fourth-order valence-electron chi connectivity index (χ4n) is 2.66. The van der Waals surface area contributed by atoms with Crippen molar-refractivity contribution in [2.45, 2.75) is 0 Å². The summed E-state index contributed by atoms with van der Waals surface area (Å²) in [6.07, 6.45) is 1.61. The summed E-state index contributed by atoms with van der Waals surface area (Å²) in [5, 5.41) is 1.73. The second-order valence-corrected chi connectivity index (χ2v) is 4.85. The maximum Gasteiger partial charge on any atom is 0.267 e. The van der Waals surface area contributed by atoms with Gasteiger partial charge in [0.25, 0.3) is 11.8 Å². The number of carbonyl (C=O) groups excluding carboxylic acids is 2. The predicted octanol–water partition coefficient (Wildman–Crippen LogP) is 3.04. The van der Waals surface area contributed by atoms with Gasteiger partial charge in [-0.05, 0) is 23.6 Å². The second kappa shape index (κ2) is 4.24. The van der Waals surface area contributed by atoms with E-state index in [1.807, 2.05) is 30.3 Å². The van der Waals surface area contributed by atoms with Gasteiger partial charge < -0.3 is 0 Å². The summed E-state index contributed by atoms with van der Waals surface area (Å²) in [4.78, 5) is 30.4. The minimum atomic E-state index is -0.320. The molecule has 2 heterocycles. The first-order valence-corrected chi connectivity index (χ1v) is 6.59. The van der Waals surface area contributed by atoms with Crippen molar-refractivity contribution in [1.82, 2.24) is 4.98 Å². The Balaban J connectivity index is 1.95. The van der Waals surface area contributed by atoms with E-state index < -0.39 is 0 Å². The number of rotatable bonds is 1. The number of pyridine rings is 1. The van der Waals surface area contributed by atoms with E-state index in [9.17, 15) is 9.59 Å². The Morgan fingerprint density at radius 3 is 2.10 bits per heavy atom. The summed E-state index contributed by atoms with van der Waals surface area (Å²) < 4.78 is 0. The smallest absolute Gasteiger partial charge is 0.267 e. The lowest BCUT2D eigenvalue weighted by Gasteiger charge is -2.14. The Morgan fingerprint density at radius 2 is 1.38 bits per heavy atom. The number of benzene rings is 2. The third-order valence-electron chi connectivity index (χ3n) is 3.66. The van der Waals surface area contributed by atoms with Crippen LogP contribution in [0.2, 0.25) is 0 Å². The van der Waals surface area contributed by atoms with Crippen molar-refractivity contribution in [3.05, 3.63) is 71.9 Å². The minimum absolute atomic E-state index is 0.320. The van der Waals surface area contributed by atoms with Crippen LogP contribution < -0.4 is 4.90 Å². The van der Waals surface area contributed by atoms with E-state index in [0.717, 1.165) is 15.7 Å². The highest BCUT2D eigenvalue weighted by Crippen LogP contribution is 2.31. The number of carbonyl (C=O) groups is 2. The first-order chi connectivity index (χ1) is 10.3. The number of anilines is 1. The van der Waals surface area contributed by atoms with Crippen LogP contribution in [0.25, 0.3) is 10.8 Å². The molecule has 4 heteroatoms. The van der Waals surface area contributed by atoms with Crippen molar-refractivity contribution in [1.29, 1.82) is 0 Å². The largest absolute Gasteiger partial charge is 0.268 e. The quantitative estimate of drug-likeness (QED) is 0.641. The number of aromatic nitrogens is 1. The van der Waals surface area contributed by atoms with Crippen LogP contribution >= 0.6 is 0 Å². The Kier molecular flexibility index (Phi) is 2.38. The third kappa shape index (κ3) is 1.59. The Morgan fingerprint density at radius 1 is 0.762 bits per heavy atom. The normalized spacial score (nSPS) is 13.8. The standard InChI is InChI=1S/C17H10N2O2/c20-16-13-7-3-4-8-14(13)17(21)19(16)15-12-6-2-1-5-11(12)9-10-18-15/h1-10H. The molecule has 21 heavy (non-hydrogen) atoms. The maximum atomic E-state index is 12.5. The number of fused-ring (bicyclic) bond motifs is 2. The molecule has 0 N–H and O–H groups in total. The van der Waals surface area contributed by atoms with Gasteiger partial charge in [0.1, 0.15) is 0 Å². The molecule has 2 amide bonds. The van der Waals surface area contributed by atoms with Crippen LogP contribution in [-0.4, -0.2) is 16.8 Å².